The van der Waals surface area contributed by atoms with Crippen molar-refractivity contribution in [2.45, 2.75) is 31.4 Å². The molecule has 0 bridgehead atoms. The maximum atomic E-state index is 13.1. The lowest BCUT2D eigenvalue weighted by Crippen LogP contribution is -2.53. The van der Waals surface area contributed by atoms with E-state index in [9.17, 15) is 13.2 Å². The number of halogens is 3. The number of alkyl halides is 3. The highest BCUT2D eigenvalue weighted by Crippen LogP contribution is 2.51. The lowest BCUT2D eigenvalue weighted by molar-refractivity contribution is -0.298. The fourth-order valence-corrected chi connectivity index (χ4v) is 3.86. The molecule has 0 atom stereocenters. The summed E-state index contributed by atoms with van der Waals surface area (Å²) >= 11 is 1.23. The molecule has 1 saturated heterocycles. The third kappa shape index (κ3) is 2.66. The molecule has 4 rings (SSSR count). The van der Waals surface area contributed by atoms with Gasteiger partial charge >= 0.3 is 6.18 Å². The maximum Gasteiger partial charge on any atom is 0.416 e. The van der Waals surface area contributed by atoms with Crippen molar-refractivity contribution < 1.29 is 27.4 Å². The average molecular weight is 372 g/mol. The van der Waals surface area contributed by atoms with Gasteiger partial charge in [0.15, 0.2) is 16.5 Å². The van der Waals surface area contributed by atoms with Crippen LogP contribution in [-0.2, 0) is 21.3 Å². The molecule has 1 fully saturated rings. The quantitative estimate of drug-likeness (QED) is 0.762. The molecule has 5 nitrogen and oxygen atoms in total. The van der Waals surface area contributed by atoms with Gasteiger partial charge in [0.1, 0.15) is 5.75 Å². The maximum absolute atomic E-state index is 13.1. The van der Waals surface area contributed by atoms with Crippen LogP contribution < -0.4 is 10.5 Å². The van der Waals surface area contributed by atoms with Gasteiger partial charge in [-0.25, -0.2) is 4.98 Å². The molecule has 0 radical (unpaired) electrons. The van der Waals surface area contributed by atoms with Gasteiger partial charge in [-0.15, -0.1) is 0 Å². The molecule has 0 amide bonds. The minimum Gasteiger partial charge on any atom is -0.476 e. The number of aromatic nitrogens is 1. The summed E-state index contributed by atoms with van der Waals surface area (Å²) in [4.78, 5) is 5.00. The van der Waals surface area contributed by atoms with E-state index in [-0.39, 0.29) is 19.0 Å². The molecule has 134 valence electrons. The van der Waals surface area contributed by atoms with Crippen molar-refractivity contribution in [3.05, 3.63) is 28.6 Å². The molecule has 2 aliphatic rings. The van der Waals surface area contributed by atoms with Gasteiger partial charge in [0.2, 0.25) is 0 Å². The molecule has 0 saturated carbocycles. The summed E-state index contributed by atoms with van der Waals surface area (Å²) in [5, 5.41) is 0.311. The number of rotatable bonds is 0. The van der Waals surface area contributed by atoms with Crippen molar-refractivity contribution in [2.75, 3.05) is 18.9 Å². The van der Waals surface area contributed by atoms with Gasteiger partial charge < -0.3 is 19.9 Å². The normalized spacial score (nSPS) is 20.7. The molecular weight excluding hydrogens is 357 g/mol. The summed E-state index contributed by atoms with van der Waals surface area (Å²) in [6.07, 6.45) is -4.46. The fourth-order valence-electron chi connectivity index (χ4n) is 2.92. The Labute approximate surface area is 145 Å². The van der Waals surface area contributed by atoms with E-state index in [0.29, 0.717) is 21.3 Å². The van der Waals surface area contributed by atoms with Crippen molar-refractivity contribution >= 4 is 16.5 Å². The minimum absolute atomic E-state index is 0.0968. The number of nitrogens with zero attached hydrogens (tertiary/aromatic N) is 1. The summed E-state index contributed by atoms with van der Waals surface area (Å²) in [6.45, 7) is 3.79. The number of nitrogens with two attached hydrogens (primary N) is 1. The molecule has 0 aliphatic carbocycles. The van der Waals surface area contributed by atoms with Gasteiger partial charge in [-0.3, -0.25) is 0 Å². The second kappa shape index (κ2) is 5.09. The first-order valence-electron chi connectivity index (χ1n) is 7.55. The van der Waals surface area contributed by atoms with E-state index >= 15 is 0 Å². The van der Waals surface area contributed by atoms with Gasteiger partial charge in [0, 0.05) is 5.56 Å². The Morgan fingerprint density at radius 2 is 1.88 bits per heavy atom. The van der Waals surface area contributed by atoms with Gasteiger partial charge in [0.05, 0.1) is 29.3 Å². The number of hydrogen-bond acceptors (Lipinski definition) is 6. The molecule has 25 heavy (non-hydrogen) atoms. The lowest BCUT2D eigenvalue weighted by Gasteiger charge is -2.44. The minimum atomic E-state index is -4.46. The van der Waals surface area contributed by atoms with Crippen LogP contribution in [0.3, 0.4) is 0 Å². The first kappa shape index (κ1) is 16.6. The van der Waals surface area contributed by atoms with Crippen molar-refractivity contribution in [1.82, 2.24) is 4.98 Å². The number of fused-ring (bicyclic) bond motifs is 4. The number of thiazole rings is 1. The highest BCUT2D eigenvalue weighted by molar-refractivity contribution is 7.16. The fraction of sp³-hybridized carbons (Fsp3) is 0.438. The number of anilines is 1. The smallest absolute Gasteiger partial charge is 0.416 e. The Morgan fingerprint density at radius 1 is 1.20 bits per heavy atom. The summed E-state index contributed by atoms with van der Waals surface area (Å²) in [6, 6.07) is 3.35. The Hall–Kier alpha value is -1.84. The Kier molecular flexibility index (Phi) is 3.38. The summed E-state index contributed by atoms with van der Waals surface area (Å²) in [7, 11) is 0. The van der Waals surface area contributed by atoms with Crippen molar-refractivity contribution in [3.63, 3.8) is 0 Å². The molecule has 1 aromatic carbocycles. The predicted octanol–water partition coefficient (Wildman–Crippen LogP) is 3.78. The van der Waals surface area contributed by atoms with Gasteiger partial charge in [-0.05, 0) is 32.0 Å². The number of ether oxygens (including phenoxy) is 3. The second-order valence-corrected chi connectivity index (χ2v) is 7.54. The molecule has 1 spiro atoms. The zero-order chi connectivity index (χ0) is 18.0. The Bertz CT molecular complexity index is 838. The highest BCUT2D eigenvalue weighted by atomic mass is 32.1. The monoisotopic (exact) mass is 372 g/mol. The first-order valence-corrected chi connectivity index (χ1v) is 8.37. The number of benzene rings is 1. The molecular formula is C16H15F3N2O3S. The number of nitrogen functional groups attached to an aromatic ring is 1. The van der Waals surface area contributed by atoms with Crippen LogP contribution in [0.5, 0.6) is 5.75 Å². The van der Waals surface area contributed by atoms with Gasteiger partial charge in [0.25, 0.3) is 0 Å². The molecule has 2 N–H and O–H groups in total. The van der Waals surface area contributed by atoms with Crippen LogP contribution in [0.2, 0.25) is 0 Å². The van der Waals surface area contributed by atoms with Crippen molar-refractivity contribution in [3.8, 4) is 17.0 Å². The number of hydrogen-bond donors (Lipinski definition) is 1. The first-order chi connectivity index (χ1) is 11.6. The van der Waals surface area contributed by atoms with E-state index in [4.69, 9.17) is 19.9 Å². The van der Waals surface area contributed by atoms with E-state index in [0.717, 1.165) is 12.1 Å². The Morgan fingerprint density at radius 3 is 2.52 bits per heavy atom. The van der Waals surface area contributed by atoms with E-state index < -0.39 is 23.1 Å². The topological polar surface area (TPSA) is 66.6 Å². The molecule has 3 heterocycles. The van der Waals surface area contributed by atoms with Gasteiger partial charge in [-0.2, -0.15) is 13.2 Å². The van der Waals surface area contributed by atoms with Crippen LogP contribution in [0.4, 0.5) is 18.3 Å². The third-order valence-electron chi connectivity index (χ3n) is 4.23. The van der Waals surface area contributed by atoms with Crippen LogP contribution in [0.1, 0.15) is 24.3 Å². The van der Waals surface area contributed by atoms with Crippen LogP contribution in [0.15, 0.2) is 18.2 Å². The SMILES string of the molecule is CC1(C)OCC2(CO1)Oc1cc(C(F)(F)F)ccc1-c1nc(N)sc12. The predicted molar refractivity (Wildman–Crippen MR) is 85.3 cm³/mol. The summed E-state index contributed by atoms with van der Waals surface area (Å²) in [5.41, 5.74) is 5.00. The lowest BCUT2D eigenvalue weighted by atomic mass is 9.93. The van der Waals surface area contributed by atoms with Crippen LogP contribution >= 0.6 is 11.3 Å². The largest absolute Gasteiger partial charge is 0.476 e. The average Bonchev–Trinajstić information content (AvgIpc) is 2.92. The van der Waals surface area contributed by atoms with Crippen molar-refractivity contribution in [1.29, 1.82) is 0 Å². The molecule has 0 unspecified atom stereocenters. The van der Waals surface area contributed by atoms with Crippen LogP contribution in [0, 0.1) is 0 Å². The van der Waals surface area contributed by atoms with E-state index in [1.807, 2.05) is 0 Å². The van der Waals surface area contributed by atoms with Gasteiger partial charge in [-0.1, -0.05) is 11.3 Å². The summed E-state index contributed by atoms with van der Waals surface area (Å²) in [5.74, 6) is -0.696. The molecule has 2 aromatic rings. The Balaban J connectivity index is 1.84. The third-order valence-corrected chi connectivity index (χ3v) is 5.30. The zero-order valence-corrected chi connectivity index (χ0v) is 14.3. The van der Waals surface area contributed by atoms with E-state index in [2.05, 4.69) is 4.98 Å². The van der Waals surface area contributed by atoms with E-state index in [1.54, 1.807) is 13.8 Å². The highest BCUT2D eigenvalue weighted by Gasteiger charge is 2.50. The summed E-state index contributed by atoms with van der Waals surface area (Å²) < 4.78 is 56.6. The second-order valence-electron chi connectivity index (χ2n) is 6.51. The molecule has 2 aliphatic heterocycles. The molecule has 1 aromatic heterocycles. The van der Waals surface area contributed by atoms with E-state index in [1.165, 1.54) is 17.4 Å². The zero-order valence-electron chi connectivity index (χ0n) is 13.4. The van der Waals surface area contributed by atoms with Crippen molar-refractivity contribution in [2.24, 2.45) is 0 Å². The standard InChI is InChI=1S/C16H15F3N2O3S/c1-14(2)22-6-15(7-23-14)12-11(21-13(20)25-12)9-4-3-8(16(17,18)19)5-10(9)24-15/h3-5H,6-7H2,1-2H3,(H2,20,21). The van der Waals surface area contributed by atoms with Crippen LogP contribution in [0.25, 0.3) is 11.3 Å². The van der Waals surface area contributed by atoms with Crippen LogP contribution in [-0.4, -0.2) is 24.0 Å². The molecule has 9 heteroatoms.